The molecule has 0 aromatic heterocycles. The number of hydrazine groups is 1. The first-order valence-corrected chi connectivity index (χ1v) is 6.08. The van der Waals surface area contributed by atoms with Crippen LogP contribution in [-0.2, 0) is 6.42 Å². The molecule has 0 aliphatic carbocycles. The van der Waals surface area contributed by atoms with Crippen LogP contribution in [0, 0.1) is 18.6 Å². The number of aryl methyl sites for hydroxylation is 1. The molecule has 2 rings (SSSR count). The molecule has 2 aromatic rings. The number of rotatable bonds is 4. The van der Waals surface area contributed by atoms with Crippen LogP contribution in [0.4, 0.5) is 8.78 Å². The van der Waals surface area contributed by atoms with Crippen molar-refractivity contribution in [1.29, 1.82) is 0 Å². The monoisotopic (exact) mass is 262 g/mol. The van der Waals surface area contributed by atoms with Crippen LogP contribution in [0.5, 0.6) is 0 Å². The average Bonchev–Trinajstić information content (AvgIpc) is 2.39. The second kappa shape index (κ2) is 5.91. The van der Waals surface area contributed by atoms with Gasteiger partial charge in [0.25, 0.3) is 0 Å². The lowest BCUT2D eigenvalue weighted by molar-refractivity contribution is 0.472. The minimum absolute atomic E-state index is 0.0201. The van der Waals surface area contributed by atoms with E-state index in [2.05, 4.69) is 5.43 Å². The Hall–Kier alpha value is -1.78. The van der Waals surface area contributed by atoms with Gasteiger partial charge in [0, 0.05) is 5.56 Å². The smallest absolute Gasteiger partial charge is 0.130 e. The van der Waals surface area contributed by atoms with Gasteiger partial charge in [-0.1, -0.05) is 30.3 Å². The van der Waals surface area contributed by atoms with Gasteiger partial charge < -0.3 is 0 Å². The Balaban J connectivity index is 2.34. The van der Waals surface area contributed by atoms with Gasteiger partial charge >= 0.3 is 0 Å². The number of hydrogen-bond acceptors (Lipinski definition) is 2. The molecule has 0 bridgehead atoms. The van der Waals surface area contributed by atoms with Gasteiger partial charge in [-0.3, -0.25) is 11.3 Å². The van der Waals surface area contributed by atoms with E-state index in [-0.39, 0.29) is 5.56 Å². The summed E-state index contributed by atoms with van der Waals surface area (Å²) < 4.78 is 27.5. The molecule has 19 heavy (non-hydrogen) atoms. The third-order valence-corrected chi connectivity index (χ3v) is 3.23. The first-order chi connectivity index (χ1) is 9.13. The molecule has 0 aliphatic rings. The zero-order valence-corrected chi connectivity index (χ0v) is 10.7. The summed E-state index contributed by atoms with van der Waals surface area (Å²) in [6.45, 7) is 1.96. The molecule has 0 aliphatic heterocycles. The lowest BCUT2D eigenvalue weighted by Crippen LogP contribution is -2.31. The highest BCUT2D eigenvalue weighted by molar-refractivity contribution is 5.30. The predicted molar refractivity (Wildman–Crippen MR) is 71.3 cm³/mol. The second-order valence-corrected chi connectivity index (χ2v) is 4.49. The Morgan fingerprint density at radius 3 is 2.26 bits per heavy atom. The molecule has 0 saturated carbocycles. The third kappa shape index (κ3) is 2.97. The van der Waals surface area contributed by atoms with Crippen molar-refractivity contribution in [3.05, 3.63) is 70.8 Å². The van der Waals surface area contributed by atoms with Crippen LogP contribution in [0.25, 0.3) is 0 Å². The maximum atomic E-state index is 13.8. The highest BCUT2D eigenvalue weighted by Crippen LogP contribution is 2.24. The summed E-state index contributed by atoms with van der Waals surface area (Å²) in [5, 5.41) is 0. The summed E-state index contributed by atoms with van der Waals surface area (Å²) in [4.78, 5) is 0. The fraction of sp³-hybridized carbons (Fsp3) is 0.200. The van der Waals surface area contributed by atoms with Crippen LogP contribution in [0.2, 0.25) is 0 Å². The van der Waals surface area contributed by atoms with Gasteiger partial charge in [-0.15, -0.1) is 0 Å². The first kappa shape index (κ1) is 13.6. The molecule has 0 spiro atoms. The molecule has 1 unspecified atom stereocenters. The molecule has 1 atom stereocenters. The van der Waals surface area contributed by atoms with E-state index in [1.165, 1.54) is 18.2 Å². The maximum Gasteiger partial charge on any atom is 0.130 e. The minimum atomic E-state index is -0.595. The molecule has 3 N–H and O–H groups in total. The van der Waals surface area contributed by atoms with Crippen molar-refractivity contribution >= 4 is 0 Å². The Morgan fingerprint density at radius 2 is 1.68 bits per heavy atom. The Labute approximate surface area is 111 Å². The van der Waals surface area contributed by atoms with E-state index in [4.69, 9.17) is 5.84 Å². The predicted octanol–water partition coefficient (Wildman–Crippen LogP) is 3.02. The van der Waals surface area contributed by atoms with Crippen molar-refractivity contribution in [1.82, 2.24) is 5.43 Å². The second-order valence-electron chi connectivity index (χ2n) is 4.49. The van der Waals surface area contributed by atoms with Crippen molar-refractivity contribution in [3.8, 4) is 0 Å². The number of hydrogen-bond donors (Lipinski definition) is 2. The van der Waals surface area contributed by atoms with Crippen LogP contribution < -0.4 is 11.3 Å². The lowest BCUT2D eigenvalue weighted by atomic mass is 9.96. The van der Waals surface area contributed by atoms with Crippen molar-refractivity contribution in [3.63, 3.8) is 0 Å². The van der Waals surface area contributed by atoms with Gasteiger partial charge in [0.2, 0.25) is 0 Å². The molecule has 0 heterocycles. The fourth-order valence-electron chi connectivity index (χ4n) is 2.15. The van der Waals surface area contributed by atoms with Crippen molar-refractivity contribution in [2.24, 2.45) is 5.84 Å². The zero-order chi connectivity index (χ0) is 13.8. The average molecular weight is 262 g/mol. The fourth-order valence-corrected chi connectivity index (χ4v) is 2.15. The summed E-state index contributed by atoms with van der Waals surface area (Å²) in [5.74, 6) is 4.28. The van der Waals surface area contributed by atoms with Gasteiger partial charge in [-0.25, -0.2) is 8.78 Å². The Bertz CT molecular complexity index is 550. The van der Waals surface area contributed by atoms with E-state index in [0.29, 0.717) is 6.42 Å². The zero-order valence-electron chi connectivity index (χ0n) is 10.7. The molecule has 0 radical (unpaired) electrons. The van der Waals surface area contributed by atoms with E-state index < -0.39 is 17.7 Å². The minimum Gasteiger partial charge on any atom is -0.271 e. The van der Waals surface area contributed by atoms with Gasteiger partial charge in [-0.2, -0.15) is 0 Å². The highest BCUT2D eigenvalue weighted by Gasteiger charge is 2.19. The van der Waals surface area contributed by atoms with Gasteiger partial charge in [-0.05, 0) is 36.6 Å². The summed E-state index contributed by atoms with van der Waals surface area (Å²) in [5.41, 5.74) is 4.55. The third-order valence-electron chi connectivity index (χ3n) is 3.23. The van der Waals surface area contributed by atoms with Crippen LogP contribution in [0.3, 0.4) is 0 Å². The topological polar surface area (TPSA) is 38.0 Å². The number of nitrogens with one attached hydrogen (secondary N) is 1. The molecular formula is C15H16F2N2. The highest BCUT2D eigenvalue weighted by atomic mass is 19.1. The molecule has 0 saturated heterocycles. The molecule has 100 valence electrons. The Kier molecular flexibility index (Phi) is 4.24. The molecule has 2 nitrogen and oxygen atoms in total. The summed E-state index contributed by atoms with van der Waals surface area (Å²) in [7, 11) is 0. The van der Waals surface area contributed by atoms with Crippen LogP contribution in [-0.4, -0.2) is 0 Å². The standard InChI is InChI=1S/C15H16F2N2/c1-10-5-2-3-6-11(10)9-14(19-18)15-12(16)7-4-8-13(15)17/h2-8,14,19H,9,18H2,1H3. The largest absolute Gasteiger partial charge is 0.271 e. The molecule has 2 aromatic carbocycles. The molecule has 4 heteroatoms. The van der Waals surface area contributed by atoms with E-state index in [1.54, 1.807) is 0 Å². The van der Waals surface area contributed by atoms with Crippen molar-refractivity contribution < 1.29 is 8.78 Å². The Morgan fingerprint density at radius 1 is 1.05 bits per heavy atom. The number of nitrogens with two attached hydrogens (primary N) is 1. The van der Waals surface area contributed by atoms with Gasteiger partial charge in [0.15, 0.2) is 0 Å². The first-order valence-electron chi connectivity index (χ1n) is 6.08. The summed E-state index contributed by atoms with van der Waals surface area (Å²) in [6.07, 6.45) is 0.432. The summed E-state index contributed by atoms with van der Waals surface area (Å²) in [6, 6.07) is 10.9. The normalized spacial score (nSPS) is 12.4. The number of halogens is 2. The van der Waals surface area contributed by atoms with Gasteiger partial charge in [0.1, 0.15) is 11.6 Å². The maximum absolute atomic E-state index is 13.8. The van der Waals surface area contributed by atoms with Crippen molar-refractivity contribution in [2.45, 2.75) is 19.4 Å². The SMILES string of the molecule is Cc1ccccc1CC(NN)c1c(F)cccc1F. The van der Waals surface area contributed by atoms with E-state index in [1.807, 2.05) is 31.2 Å². The molecular weight excluding hydrogens is 246 g/mol. The van der Waals surface area contributed by atoms with E-state index >= 15 is 0 Å². The lowest BCUT2D eigenvalue weighted by Gasteiger charge is -2.18. The molecule has 0 amide bonds. The van der Waals surface area contributed by atoms with Gasteiger partial charge in [0.05, 0.1) is 6.04 Å². The van der Waals surface area contributed by atoms with E-state index in [0.717, 1.165) is 11.1 Å². The quantitative estimate of drug-likeness (QED) is 0.656. The summed E-state index contributed by atoms with van der Waals surface area (Å²) >= 11 is 0. The van der Waals surface area contributed by atoms with Crippen LogP contribution >= 0.6 is 0 Å². The van der Waals surface area contributed by atoms with Crippen LogP contribution in [0.15, 0.2) is 42.5 Å². The number of benzene rings is 2. The van der Waals surface area contributed by atoms with Crippen molar-refractivity contribution in [2.75, 3.05) is 0 Å². The molecule has 0 fully saturated rings. The van der Waals surface area contributed by atoms with Crippen LogP contribution in [0.1, 0.15) is 22.7 Å². The van der Waals surface area contributed by atoms with E-state index in [9.17, 15) is 8.78 Å².